The molecule has 1 atom stereocenters. The summed E-state index contributed by atoms with van der Waals surface area (Å²) < 4.78 is 2.16. The van der Waals surface area contributed by atoms with Crippen molar-refractivity contribution in [3.63, 3.8) is 0 Å². The summed E-state index contributed by atoms with van der Waals surface area (Å²) in [6, 6.07) is 20.2. The van der Waals surface area contributed by atoms with E-state index in [1.165, 1.54) is 0 Å². The number of aryl methyl sites for hydroxylation is 1. The normalized spacial score (nSPS) is 16.8. The van der Waals surface area contributed by atoms with Gasteiger partial charge in [-0.05, 0) is 49.6 Å². The third-order valence-corrected chi connectivity index (χ3v) is 6.27. The van der Waals surface area contributed by atoms with Crippen LogP contribution in [0, 0.1) is 6.92 Å². The summed E-state index contributed by atoms with van der Waals surface area (Å²) in [5, 5.41) is 0. The highest BCUT2D eigenvalue weighted by Gasteiger charge is 2.40. The van der Waals surface area contributed by atoms with E-state index in [1.807, 2.05) is 47.5 Å². The molecule has 1 fully saturated rings. The zero-order valence-corrected chi connectivity index (χ0v) is 18.7. The molecular weight excluding hydrogens is 400 g/mol. The van der Waals surface area contributed by atoms with E-state index in [4.69, 9.17) is 0 Å². The van der Waals surface area contributed by atoms with Gasteiger partial charge in [0.25, 0.3) is 0 Å². The number of fused-ring (bicyclic) bond motifs is 3. The Labute approximate surface area is 188 Å². The van der Waals surface area contributed by atoms with Gasteiger partial charge in [0.15, 0.2) is 0 Å². The van der Waals surface area contributed by atoms with E-state index in [0.717, 1.165) is 41.0 Å². The quantitative estimate of drug-likeness (QED) is 0.620. The van der Waals surface area contributed by atoms with Gasteiger partial charge in [-0.2, -0.15) is 0 Å². The number of carbonyl (C=O) groups excluding carboxylic acids is 2. The second kappa shape index (κ2) is 7.86. The first-order chi connectivity index (χ1) is 15.5. The van der Waals surface area contributed by atoms with Crippen molar-refractivity contribution in [2.24, 2.45) is 0 Å². The van der Waals surface area contributed by atoms with Gasteiger partial charge in [0.05, 0.1) is 17.1 Å². The molecule has 1 aromatic heterocycles. The molecule has 1 aliphatic heterocycles. The minimum Gasteiger partial charge on any atom is -0.331 e. The lowest BCUT2D eigenvalue weighted by atomic mass is 9.96. The van der Waals surface area contributed by atoms with E-state index in [1.54, 1.807) is 23.9 Å². The van der Waals surface area contributed by atoms with Crippen molar-refractivity contribution in [2.75, 3.05) is 25.5 Å². The Morgan fingerprint density at radius 2 is 1.72 bits per heavy atom. The van der Waals surface area contributed by atoms with Crippen molar-refractivity contribution in [1.82, 2.24) is 14.4 Å². The fraction of sp³-hybridized carbons (Fsp3) is 0.308. The van der Waals surface area contributed by atoms with Crippen molar-refractivity contribution in [3.05, 3.63) is 83.7 Å². The Morgan fingerprint density at radius 1 is 0.969 bits per heavy atom. The highest BCUT2D eigenvalue weighted by atomic mass is 16.2. The molecule has 1 unspecified atom stereocenters. The highest BCUT2D eigenvalue weighted by molar-refractivity contribution is 6.00. The molecule has 2 aliphatic rings. The third kappa shape index (κ3) is 3.45. The number of carbonyl (C=O) groups is 2. The molecule has 1 saturated carbocycles. The molecular formula is C26H28N4O2. The van der Waals surface area contributed by atoms with Crippen LogP contribution in [-0.4, -0.2) is 53.0 Å². The minimum absolute atomic E-state index is 0.0685. The molecule has 2 aromatic carbocycles. The summed E-state index contributed by atoms with van der Waals surface area (Å²) in [6.07, 6.45) is 3.95. The first-order valence-corrected chi connectivity index (χ1v) is 11.1. The highest BCUT2D eigenvalue weighted by Crippen LogP contribution is 2.42. The predicted octanol–water partition coefficient (Wildman–Crippen LogP) is 4.37. The molecule has 5 rings (SSSR count). The summed E-state index contributed by atoms with van der Waals surface area (Å²) in [5.74, 6) is -0.0708. The molecule has 0 saturated heterocycles. The SMILES string of the molecule is Cc1cccc(C2c3cccn3-c3ccccc3N2C(=O)CN(C(=O)N(C)C)C2CC2)c1. The Kier molecular flexibility index (Phi) is 5.00. The molecule has 0 radical (unpaired) electrons. The molecule has 0 N–H and O–H groups in total. The van der Waals surface area contributed by atoms with Crippen LogP contribution in [-0.2, 0) is 4.79 Å². The number of nitrogens with zero attached hydrogens (tertiary/aromatic N) is 4. The van der Waals surface area contributed by atoms with Crippen molar-refractivity contribution in [1.29, 1.82) is 0 Å². The van der Waals surface area contributed by atoms with E-state index in [-0.39, 0.29) is 30.6 Å². The van der Waals surface area contributed by atoms with E-state index >= 15 is 0 Å². The molecule has 3 amide bonds. The molecule has 6 nitrogen and oxygen atoms in total. The maximum atomic E-state index is 13.9. The van der Waals surface area contributed by atoms with Crippen LogP contribution in [0.5, 0.6) is 0 Å². The number of hydrogen-bond donors (Lipinski definition) is 0. The zero-order chi connectivity index (χ0) is 22.4. The van der Waals surface area contributed by atoms with Gasteiger partial charge < -0.3 is 14.4 Å². The van der Waals surface area contributed by atoms with Gasteiger partial charge in [0.1, 0.15) is 12.6 Å². The van der Waals surface area contributed by atoms with E-state index in [0.29, 0.717) is 0 Å². The molecule has 0 bridgehead atoms. The Balaban J connectivity index is 1.60. The number of urea groups is 1. The summed E-state index contributed by atoms with van der Waals surface area (Å²) in [7, 11) is 3.47. The van der Waals surface area contributed by atoms with Crippen LogP contribution in [0.2, 0.25) is 0 Å². The van der Waals surface area contributed by atoms with Crippen molar-refractivity contribution in [2.45, 2.75) is 31.8 Å². The van der Waals surface area contributed by atoms with Gasteiger partial charge in [0.2, 0.25) is 5.91 Å². The number of hydrogen-bond acceptors (Lipinski definition) is 2. The van der Waals surface area contributed by atoms with Gasteiger partial charge in [-0.3, -0.25) is 9.69 Å². The van der Waals surface area contributed by atoms with Crippen LogP contribution in [0.15, 0.2) is 66.9 Å². The predicted molar refractivity (Wildman–Crippen MR) is 125 cm³/mol. The van der Waals surface area contributed by atoms with Gasteiger partial charge in [0, 0.05) is 26.3 Å². The Morgan fingerprint density at radius 3 is 2.41 bits per heavy atom. The first kappa shape index (κ1) is 20.4. The summed E-state index contributed by atoms with van der Waals surface area (Å²) in [6.45, 7) is 2.13. The standard InChI is InChI=1S/C26H28N4O2/c1-18-8-6-9-19(16-18)25-23-12-7-15-28(23)21-10-4-5-11-22(21)30(25)24(31)17-29(20-13-14-20)26(32)27(2)3/h4-12,15-16,20,25H,13-14,17H2,1-3H3. The minimum atomic E-state index is -0.261. The zero-order valence-electron chi connectivity index (χ0n) is 18.7. The number of anilines is 1. The lowest BCUT2D eigenvalue weighted by Gasteiger charge is -2.39. The number of benzene rings is 2. The second-order valence-corrected chi connectivity index (χ2v) is 8.91. The smallest absolute Gasteiger partial charge is 0.320 e. The first-order valence-electron chi connectivity index (χ1n) is 11.1. The number of para-hydroxylation sites is 2. The summed E-state index contributed by atoms with van der Waals surface area (Å²) in [5.41, 5.74) is 5.08. The Hall–Kier alpha value is -3.54. The van der Waals surface area contributed by atoms with Crippen LogP contribution in [0.4, 0.5) is 10.5 Å². The molecule has 3 aromatic rings. The summed E-state index contributed by atoms with van der Waals surface area (Å²) >= 11 is 0. The third-order valence-electron chi connectivity index (χ3n) is 6.27. The van der Waals surface area contributed by atoms with E-state index in [9.17, 15) is 9.59 Å². The maximum Gasteiger partial charge on any atom is 0.320 e. The topological polar surface area (TPSA) is 48.8 Å². The van der Waals surface area contributed by atoms with Crippen molar-refractivity contribution < 1.29 is 9.59 Å². The monoisotopic (exact) mass is 428 g/mol. The second-order valence-electron chi connectivity index (χ2n) is 8.91. The largest absolute Gasteiger partial charge is 0.331 e. The Bertz CT molecular complexity index is 1180. The maximum absolute atomic E-state index is 13.9. The lowest BCUT2D eigenvalue weighted by molar-refractivity contribution is -0.119. The van der Waals surface area contributed by atoms with Crippen LogP contribution in [0.3, 0.4) is 0 Å². The number of amides is 3. The van der Waals surface area contributed by atoms with Crippen LogP contribution >= 0.6 is 0 Å². The van der Waals surface area contributed by atoms with E-state index < -0.39 is 0 Å². The average molecular weight is 429 g/mol. The van der Waals surface area contributed by atoms with Gasteiger partial charge in [-0.1, -0.05) is 42.0 Å². The van der Waals surface area contributed by atoms with Gasteiger partial charge >= 0.3 is 6.03 Å². The van der Waals surface area contributed by atoms with Crippen LogP contribution < -0.4 is 4.90 Å². The average Bonchev–Trinajstić information content (AvgIpc) is 3.51. The van der Waals surface area contributed by atoms with Gasteiger partial charge in [-0.25, -0.2) is 4.79 Å². The fourth-order valence-corrected chi connectivity index (χ4v) is 4.64. The van der Waals surface area contributed by atoms with Crippen LogP contribution in [0.25, 0.3) is 5.69 Å². The van der Waals surface area contributed by atoms with Crippen LogP contribution in [0.1, 0.15) is 35.7 Å². The molecule has 164 valence electrons. The summed E-state index contributed by atoms with van der Waals surface area (Å²) in [4.78, 5) is 31.9. The van der Waals surface area contributed by atoms with Gasteiger partial charge in [-0.15, -0.1) is 0 Å². The lowest BCUT2D eigenvalue weighted by Crippen LogP contribution is -2.49. The molecule has 1 aliphatic carbocycles. The molecule has 6 heteroatoms. The number of rotatable bonds is 4. The van der Waals surface area contributed by atoms with Crippen molar-refractivity contribution in [3.8, 4) is 5.69 Å². The number of aromatic nitrogens is 1. The molecule has 2 heterocycles. The molecule has 32 heavy (non-hydrogen) atoms. The molecule has 0 spiro atoms. The van der Waals surface area contributed by atoms with Crippen molar-refractivity contribution >= 4 is 17.6 Å². The van der Waals surface area contributed by atoms with E-state index in [2.05, 4.69) is 35.8 Å². The fourth-order valence-electron chi connectivity index (χ4n) is 4.64.